The molecule has 0 amide bonds. The van der Waals surface area contributed by atoms with E-state index in [1.807, 2.05) is 0 Å². The SMILES string of the molecule is COc1ccc(Cl)cc1NC(=S)Nc1ccn(Cc2ccccc2F)n1. The molecule has 5 nitrogen and oxygen atoms in total. The van der Waals surface area contributed by atoms with Gasteiger partial charge >= 0.3 is 0 Å². The number of nitrogens with one attached hydrogen (secondary N) is 2. The van der Waals surface area contributed by atoms with Crippen LogP contribution in [-0.4, -0.2) is 22.0 Å². The van der Waals surface area contributed by atoms with Crippen LogP contribution in [0.3, 0.4) is 0 Å². The number of hydrogen-bond acceptors (Lipinski definition) is 3. The number of benzene rings is 2. The summed E-state index contributed by atoms with van der Waals surface area (Å²) in [6, 6.07) is 13.5. The van der Waals surface area contributed by atoms with E-state index >= 15 is 0 Å². The third-order valence-electron chi connectivity index (χ3n) is 3.58. The molecule has 0 radical (unpaired) electrons. The first-order chi connectivity index (χ1) is 12.5. The van der Waals surface area contributed by atoms with Gasteiger partial charge in [-0.15, -0.1) is 0 Å². The average molecular weight is 391 g/mol. The van der Waals surface area contributed by atoms with Crippen LogP contribution in [0.25, 0.3) is 0 Å². The first-order valence-corrected chi connectivity index (χ1v) is 8.52. The van der Waals surface area contributed by atoms with Gasteiger partial charge in [-0.2, -0.15) is 5.10 Å². The van der Waals surface area contributed by atoms with Crippen molar-refractivity contribution in [3.05, 3.63) is 71.1 Å². The van der Waals surface area contributed by atoms with Crippen LogP contribution in [-0.2, 0) is 6.54 Å². The van der Waals surface area contributed by atoms with Crippen molar-refractivity contribution >= 4 is 40.4 Å². The number of ether oxygens (including phenoxy) is 1. The van der Waals surface area contributed by atoms with Crippen molar-refractivity contribution in [3.8, 4) is 5.75 Å². The zero-order valence-corrected chi connectivity index (χ0v) is 15.4. The molecule has 0 unspecified atom stereocenters. The van der Waals surface area contributed by atoms with E-state index in [0.717, 1.165) is 0 Å². The molecule has 26 heavy (non-hydrogen) atoms. The molecule has 8 heteroatoms. The fourth-order valence-electron chi connectivity index (χ4n) is 2.37. The summed E-state index contributed by atoms with van der Waals surface area (Å²) in [6.45, 7) is 0.330. The minimum atomic E-state index is -0.261. The van der Waals surface area contributed by atoms with Crippen LogP contribution in [0, 0.1) is 5.82 Å². The van der Waals surface area contributed by atoms with Gasteiger partial charge in [0.2, 0.25) is 0 Å². The predicted molar refractivity (Wildman–Crippen MR) is 106 cm³/mol. The Hall–Kier alpha value is -2.64. The van der Waals surface area contributed by atoms with E-state index in [1.54, 1.807) is 60.5 Å². The summed E-state index contributed by atoms with van der Waals surface area (Å²) < 4.78 is 20.6. The van der Waals surface area contributed by atoms with E-state index in [1.165, 1.54) is 6.07 Å². The number of anilines is 2. The van der Waals surface area contributed by atoms with Gasteiger partial charge in [-0.05, 0) is 36.5 Å². The maximum Gasteiger partial charge on any atom is 0.176 e. The standard InChI is InChI=1S/C18H16ClFN4OS/c1-25-16-7-6-13(19)10-15(16)21-18(26)22-17-8-9-24(23-17)11-12-4-2-3-5-14(12)20/h2-10H,11H2,1H3,(H2,21,22,23,26). The van der Waals surface area contributed by atoms with Gasteiger partial charge in [0, 0.05) is 22.8 Å². The highest BCUT2D eigenvalue weighted by Gasteiger charge is 2.08. The van der Waals surface area contributed by atoms with Crippen LogP contribution in [0.5, 0.6) is 5.75 Å². The van der Waals surface area contributed by atoms with Crippen LogP contribution >= 0.6 is 23.8 Å². The highest BCUT2D eigenvalue weighted by Crippen LogP contribution is 2.27. The van der Waals surface area contributed by atoms with Crippen LogP contribution in [0.15, 0.2) is 54.7 Å². The van der Waals surface area contributed by atoms with Gasteiger partial charge in [-0.1, -0.05) is 29.8 Å². The summed E-state index contributed by atoms with van der Waals surface area (Å²) in [6.07, 6.45) is 1.75. The average Bonchev–Trinajstić information content (AvgIpc) is 3.04. The Balaban J connectivity index is 1.65. The third-order valence-corrected chi connectivity index (χ3v) is 4.02. The number of aromatic nitrogens is 2. The molecule has 0 aliphatic heterocycles. The van der Waals surface area contributed by atoms with Crippen molar-refractivity contribution in [1.82, 2.24) is 9.78 Å². The van der Waals surface area contributed by atoms with Gasteiger partial charge in [-0.3, -0.25) is 4.68 Å². The van der Waals surface area contributed by atoms with Gasteiger partial charge in [-0.25, -0.2) is 4.39 Å². The Labute approximate surface area is 160 Å². The molecule has 0 fully saturated rings. The van der Waals surface area contributed by atoms with Crippen molar-refractivity contribution in [3.63, 3.8) is 0 Å². The topological polar surface area (TPSA) is 51.1 Å². The maximum absolute atomic E-state index is 13.7. The van der Waals surface area contributed by atoms with Crippen LogP contribution in [0.4, 0.5) is 15.9 Å². The number of rotatable bonds is 5. The van der Waals surface area contributed by atoms with Crippen molar-refractivity contribution in [2.75, 3.05) is 17.7 Å². The van der Waals surface area contributed by atoms with Crippen molar-refractivity contribution in [2.24, 2.45) is 0 Å². The summed E-state index contributed by atoms with van der Waals surface area (Å²) in [5.41, 5.74) is 1.20. The first kappa shape index (κ1) is 18.2. The number of thiocarbonyl (C=S) groups is 1. The molecule has 0 bridgehead atoms. The molecule has 1 heterocycles. The molecule has 134 valence electrons. The Morgan fingerprint density at radius 1 is 1.23 bits per heavy atom. The monoisotopic (exact) mass is 390 g/mol. The molecule has 1 aromatic heterocycles. The molecule has 2 aromatic carbocycles. The van der Waals surface area contributed by atoms with Gasteiger partial charge in [0.15, 0.2) is 10.9 Å². The number of methoxy groups -OCH3 is 1. The Bertz CT molecular complexity index is 931. The summed E-state index contributed by atoms with van der Waals surface area (Å²) in [5.74, 6) is 0.895. The van der Waals surface area contributed by atoms with E-state index in [2.05, 4.69) is 15.7 Å². The summed E-state index contributed by atoms with van der Waals surface area (Å²) in [4.78, 5) is 0. The Kier molecular flexibility index (Phi) is 5.70. The van der Waals surface area contributed by atoms with Gasteiger partial charge in [0.25, 0.3) is 0 Å². The van der Waals surface area contributed by atoms with Gasteiger partial charge in [0.05, 0.1) is 19.3 Å². The smallest absolute Gasteiger partial charge is 0.176 e. The second-order valence-electron chi connectivity index (χ2n) is 5.41. The molecule has 2 N–H and O–H groups in total. The third kappa shape index (κ3) is 4.50. The Morgan fingerprint density at radius 2 is 2.04 bits per heavy atom. The second-order valence-corrected chi connectivity index (χ2v) is 6.26. The van der Waals surface area contributed by atoms with Crippen molar-refractivity contribution in [2.45, 2.75) is 6.54 Å². The fraction of sp³-hybridized carbons (Fsp3) is 0.111. The van der Waals surface area contributed by atoms with Crippen LogP contribution in [0.2, 0.25) is 5.02 Å². The maximum atomic E-state index is 13.7. The van der Waals surface area contributed by atoms with Gasteiger partial charge in [0.1, 0.15) is 11.6 Å². The summed E-state index contributed by atoms with van der Waals surface area (Å²) in [7, 11) is 1.56. The molecule has 3 aromatic rings. The zero-order chi connectivity index (χ0) is 18.5. The Morgan fingerprint density at radius 3 is 2.81 bits per heavy atom. The predicted octanol–water partition coefficient (Wildman–Crippen LogP) is 4.54. The van der Waals surface area contributed by atoms with Crippen molar-refractivity contribution in [1.29, 1.82) is 0 Å². The summed E-state index contributed by atoms with van der Waals surface area (Å²) in [5, 5.41) is 11.2. The van der Waals surface area contributed by atoms with E-state index in [9.17, 15) is 4.39 Å². The molecule has 0 spiro atoms. The molecular formula is C18H16ClFN4OS. The summed E-state index contributed by atoms with van der Waals surface area (Å²) >= 11 is 11.3. The number of halogens is 2. The molecule has 0 aliphatic rings. The van der Waals surface area contributed by atoms with E-state index in [0.29, 0.717) is 39.5 Å². The fourth-order valence-corrected chi connectivity index (χ4v) is 2.75. The lowest BCUT2D eigenvalue weighted by atomic mass is 10.2. The normalized spacial score (nSPS) is 10.4. The highest BCUT2D eigenvalue weighted by atomic mass is 35.5. The van der Waals surface area contributed by atoms with Crippen LogP contribution in [0.1, 0.15) is 5.56 Å². The first-order valence-electron chi connectivity index (χ1n) is 7.73. The lowest BCUT2D eigenvalue weighted by Gasteiger charge is -2.12. The number of hydrogen-bond donors (Lipinski definition) is 2. The molecule has 0 saturated carbocycles. The molecule has 0 atom stereocenters. The minimum absolute atomic E-state index is 0.261. The van der Waals surface area contributed by atoms with Crippen LogP contribution < -0.4 is 15.4 Å². The highest BCUT2D eigenvalue weighted by molar-refractivity contribution is 7.80. The lowest BCUT2D eigenvalue weighted by molar-refractivity contribution is 0.417. The molecule has 0 aliphatic carbocycles. The second kappa shape index (κ2) is 8.16. The molecular weight excluding hydrogens is 375 g/mol. The van der Waals surface area contributed by atoms with E-state index < -0.39 is 0 Å². The quantitative estimate of drug-likeness (QED) is 0.626. The van der Waals surface area contributed by atoms with Crippen molar-refractivity contribution < 1.29 is 9.13 Å². The zero-order valence-electron chi connectivity index (χ0n) is 13.9. The number of nitrogens with zero attached hydrogens (tertiary/aromatic N) is 2. The van der Waals surface area contributed by atoms with Gasteiger partial charge < -0.3 is 15.4 Å². The van der Waals surface area contributed by atoms with E-state index in [4.69, 9.17) is 28.6 Å². The molecule has 3 rings (SSSR count). The minimum Gasteiger partial charge on any atom is -0.495 e. The largest absolute Gasteiger partial charge is 0.495 e. The van der Waals surface area contributed by atoms with E-state index in [-0.39, 0.29) is 5.82 Å². The molecule has 0 saturated heterocycles. The lowest BCUT2D eigenvalue weighted by Crippen LogP contribution is -2.20.